The van der Waals surface area contributed by atoms with Crippen LogP contribution in [0.2, 0.25) is 0 Å². The number of H-pyrrole nitrogens is 1. The van der Waals surface area contributed by atoms with Gasteiger partial charge in [-0.2, -0.15) is 0 Å². The average Bonchev–Trinajstić information content (AvgIpc) is 3.05. The summed E-state index contributed by atoms with van der Waals surface area (Å²) in [6.07, 6.45) is 6.77. The van der Waals surface area contributed by atoms with E-state index in [-0.39, 0.29) is 5.91 Å². The molecule has 5 nitrogen and oxygen atoms in total. The number of pyridine rings is 2. The number of amides is 1. The fourth-order valence-corrected chi connectivity index (χ4v) is 2.70. The van der Waals surface area contributed by atoms with Crippen LogP contribution in [-0.2, 0) is 0 Å². The van der Waals surface area contributed by atoms with Gasteiger partial charge in [0.1, 0.15) is 5.65 Å². The van der Waals surface area contributed by atoms with Crippen LogP contribution in [0.5, 0.6) is 0 Å². The molecule has 0 aliphatic rings. The topological polar surface area (TPSA) is 70.7 Å². The molecule has 0 aliphatic heterocycles. The Labute approximate surface area is 144 Å². The largest absolute Gasteiger partial charge is 0.344 e. The highest BCUT2D eigenvalue weighted by molar-refractivity contribution is 6.08. The minimum absolute atomic E-state index is 0.199. The van der Waals surface area contributed by atoms with E-state index >= 15 is 0 Å². The number of carbonyl (C=O) groups is 1. The summed E-state index contributed by atoms with van der Waals surface area (Å²) >= 11 is 0. The number of rotatable bonds is 3. The summed E-state index contributed by atoms with van der Waals surface area (Å²) in [4.78, 5) is 23.9. The van der Waals surface area contributed by atoms with Crippen LogP contribution < -0.4 is 5.32 Å². The molecular formula is C20H16N4O. The van der Waals surface area contributed by atoms with Crippen LogP contribution in [0.15, 0.2) is 67.3 Å². The van der Waals surface area contributed by atoms with E-state index in [1.807, 2.05) is 12.3 Å². The molecule has 0 saturated carbocycles. The van der Waals surface area contributed by atoms with Gasteiger partial charge in [0.15, 0.2) is 0 Å². The molecule has 1 aromatic carbocycles. The van der Waals surface area contributed by atoms with Crippen LogP contribution >= 0.6 is 0 Å². The molecule has 1 amide bonds. The summed E-state index contributed by atoms with van der Waals surface area (Å²) in [5.41, 5.74) is 5.25. The molecule has 0 saturated heterocycles. The van der Waals surface area contributed by atoms with E-state index in [2.05, 4.69) is 51.5 Å². The molecule has 25 heavy (non-hydrogen) atoms. The zero-order chi connectivity index (χ0) is 17.2. The van der Waals surface area contributed by atoms with Crippen molar-refractivity contribution in [1.82, 2.24) is 15.0 Å². The van der Waals surface area contributed by atoms with E-state index in [1.165, 1.54) is 5.56 Å². The smallest absolute Gasteiger partial charge is 0.257 e. The van der Waals surface area contributed by atoms with Crippen LogP contribution in [0, 0.1) is 6.92 Å². The van der Waals surface area contributed by atoms with E-state index in [0.29, 0.717) is 11.3 Å². The van der Waals surface area contributed by atoms with E-state index < -0.39 is 0 Å². The molecule has 0 atom stereocenters. The number of nitrogens with zero attached hydrogens (tertiary/aromatic N) is 2. The van der Waals surface area contributed by atoms with Crippen molar-refractivity contribution < 1.29 is 4.79 Å². The molecule has 2 N–H and O–H groups in total. The summed E-state index contributed by atoms with van der Waals surface area (Å²) in [5.74, 6) is -0.199. The van der Waals surface area contributed by atoms with Gasteiger partial charge in [0.05, 0.1) is 11.3 Å². The number of anilines is 1. The first-order valence-corrected chi connectivity index (χ1v) is 7.96. The minimum Gasteiger partial charge on any atom is -0.344 e. The normalized spacial score (nSPS) is 10.8. The van der Waals surface area contributed by atoms with Crippen LogP contribution in [0.4, 0.5) is 5.69 Å². The van der Waals surface area contributed by atoms with Gasteiger partial charge in [-0.15, -0.1) is 0 Å². The second-order valence-electron chi connectivity index (χ2n) is 5.88. The predicted octanol–water partition coefficient (Wildman–Crippen LogP) is 4.19. The quantitative estimate of drug-likeness (QED) is 0.592. The van der Waals surface area contributed by atoms with Gasteiger partial charge >= 0.3 is 0 Å². The number of carbonyl (C=O) groups excluding carboxylic acids is 1. The number of aromatic nitrogens is 3. The molecule has 122 valence electrons. The Kier molecular flexibility index (Phi) is 3.74. The van der Waals surface area contributed by atoms with Crippen molar-refractivity contribution in [2.75, 3.05) is 5.32 Å². The molecule has 0 radical (unpaired) electrons. The van der Waals surface area contributed by atoms with Crippen molar-refractivity contribution >= 4 is 22.6 Å². The Morgan fingerprint density at radius 1 is 1.08 bits per heavy atom. The third-order valence-corrected chi connectivity index (χ3v) is 4.09. The fraction of sp³-hybridized carbons (Fsp3) is 0.0500. The van der Waals surface area contributed by atoms with Gasteiger partial charge in [0.25, 0.3) is 5.91 Å². The van der Waals surface area contributed by atoms with Gasteiger partial charge in [-0.05, 0) is 30.7 Å². The number of nitrogens with one attached hydrogen (secondary N) is 2. The van der Waals surface area contributed by atoms with Crippen molar-refractivity contribution in [2.24, 2.45) is 0 Å². The summed E-state index contributed by atoms with van der Waals surface area (Å²) in [6, 6.07) is 13.8. The Morgan fingerprint density at radius 3 is 2.68 bits per heavy atom. The van der Waals surface area contributed by atoms with Gasteiger partial charge in [0, 0.05) is 35.7 Å². The summed E-state index contributed by atoms with van der Waals surface area (Å²) in [5, 5.41) is 3.79. The predicted molar refractivity (Wildman–Crippen MR) is 98.5 cm³/mol. The van der Waals surface area contributed by atoms with Crippen LogP contribution in [-0.4, -0.2) is 20.9 Å². The van der Waals surface area contributed by atoms with Gasteiger partial charge in [-0.25, -0.2) is 4.98 Å². The Bertz CT molecular complexity index is 1040. The standard InChI is InChI=1S/C20H16N4O/c1-13-4-6-14(7-5-13)16-9-17-18(12-23-19(17)22-11-16)24-20(25)15-3-2-8-21-10-15/h2-12H,1H3,(H,22,23)(H,24,25). The molecule has 4 rings (SSSR count). The number of aryl methyl sites for hydroxylation is 1. The highest BCUT2D eigenvalue weighted by atomic mass is 16.1. The Morgan fingerprint density at radius 2 is 1.92 bits per heavy atom. The third-order valence-electron chi connectivity index (χ3n) is 4.09. The maximum absolute atomic E-state index is 12.4. The first-order valence-electron chi connectivity index (χ1n) is 7.96. The molecule has 0 fully saturated rings. The second-order valence-corrected chi connectivity index (χ2v) is 5.88. The average molecular weight is 328 g/mol. The molecule has 0 aliphatic carbocycles. The molecule has 0 bridgehead atoms. The molecule has 4 aromatic rings. The van der Waals surface area contributed by atoms with Gasteiger partial charge < -0.3 is 10.3 Å². The van der Waals surface area contributed by atoms with Gasteiger partial charge in [-0.1, -0.05) is 29.8 Å². The van der Waals surface area contributed by atoms with Crippen LogP contribution in [0.25, 0.3) is 22.2 Å². The molecule has 5 heteroatoms. The van der Waals surface area contributed by atoms with Gasteiger partial charge in [-0.3, -0.25) is 9.78 Å². The lowest BCUT2D eigenvalue weighted by atomic mass is 10.1. The van der Waals surface area contributed by atoms with E-state index in [1.54, 1.807) is 30.7 Å². The maximum atomic E-state index is 12.4. The maximum Gasteiger partial charge on any atom is 0.257 e. The van der Waals surface area contributed by atoms with Crippen molar-refractivity contribution in [2.45, 2.75) is 6.92 Å². The Hall–Kier alpha value is -3.47. The second kappa shape index (κ2) is 6.20. The number of fused-ring (bicyclic) bond motifs is 1. The first-order chi connectivity index (χ1) is 12.2. The van der Waals surface area contributed by atoms with Crippen molar-refractivity contribution in [3.05, 3.63) is 78.4 Å². The fourth-order valence-electron chi connectivity index (χ4n) is 2.70. The molecule has 0 unspecified atom stereocenters. The third kappa shape index (κ3) is 2.99. The molecule has 3 heterocycles. The highest BCUT2D eigenvalue weighted by Gasteiger charge is 2.11. The molecule has 3 aromatic heterocycles. The summed E-state index contributed by atoms with van der Waals surface area (Å²) < 4.78 is 0. The number of aromatic amines is 1. The van der Waals surface area contributed by atoms with Crippen molar-refractivity contribution in [3.63, 3.8) is 0 Å². The Balaban J connectivity index is 1.69. The lowest BCUT2D eigenvalue weighted by Crippen LogP contribution is -2.11. The van der Waals surface area contributed by atoms with E-state index in [4.69, 9.17) is 0 Å². The summed E-state index contributed by atoms with van der Waals surface area (Å²) in [7, 11) is 0. The first kappa shape index (κ1) is 15.1. The molecule has 0 spiro atoms. The summed E-state index contributed by atoms with van der Waals surface area (Å²) in [6.45, 7) is 2.06. The van der Waals surface area contributed by atoms with Crippen molar-refractivity contribution in [3.8, 4) is 11.1 Å². The minimum atomic E-state index is -0.199. The number of benzene rings is 1. The van der Waals surface area contributed by atoms with Crippen LogP contribution in [0.1, 0.15) is 15.9 Å². The van der Waals surface area contributed by atoms with E-state index in [0.717, 1.165) is 22.2 Å². The van der Waals surface area contributed by atoms with E-state index in [9.17, 15) is 4.79 Å². The highest BCUT2D eigenvalue weighted by Crippen LogP contribution is 2.27. The lowest BCUT2D eigenvalue weighted by molar-refractivity contribution is 0.102. The zero-order valence-corrected chi connectivity index (χ0v) is 13.7. The SMILES string of the molecule is Cc1ccc(-c2cnc3[nH]cc(NC(=O)c4cccnc4)c3c2)cc1. The lowest BCUT2D eigenvalue weighted by Gasteiger charge is -2.05. The number of hydrogen-bond acceptors (Lipinski definition) is 3. The monoisotopic (exact) mass is 328 g/mol. The number of hydrogen-bond donors (Lipinski definition) is 2. The molecular weight excluding hydrogens is 312 g/mol. The van der Waals surface area contributed by atoms with Gasteiger partial charge in [0.2, 0.25) is 0 Å². The zero-order valence-electron chi connectivity index (χ0n) is 13.7. The van der Waals surface area contributed by atoms with Crippen molar-refractivity contribution in [1.29, 1.82) is 0 Å². The van der Waals surface area contributed by atoms with Crippen LogP contribution in [0.3, 0.4) is 0 Å².